The van der Waals surface area contributed by atoms with E-state index in [1.807, 2.05) is 0 Å². The summed E-state index contributed by atoms with van der Waals surface area (Å²) >= 11 is 5.79. The first-order valence-electron chi connectivity index (χ1n) is 7.07. The molecule has 2 rings (SSSR count). The molecule has 1 saturated carbocycles. The maximum absolute atomic E-state index is 11.9. The minimum atomic E-state index is 0. The number of amides is 1. The molecule has 4 nitrogen and oxygen atoms in total. The fourth-order valence-corrected chi connectivity index (χ4v) is 2.71. The summed E-state index contributed by atoms with van der Waals surface area (Å²) in [6.07, 6.45) is 3.65. The molecule has 1 aromatic rings. The highest BCUT2D eigenvalue weighted by atomic mass is 35.5. The Bertz CT molecular complexity index is 440. The van der Waals surface area contributed by atoms with Gasteiger partial charge in [0.05, 0.1) is 13.0 Å². The largest absolute Gasteiger partial charge is 0.493 e. The lowest BCUT2D eigenvalue weighted by Gasteiger charge is -2.19. The van der Waals surface area contributed by atoms with Crippen molar-refractivity contribution < 1.29 is 9.53 Å². The number of benzene rings is 1. The molecule has 3 N–H and O–H groups in total. The van der Waals surface area contributed by atoms with Crippen molar-refractivity contribution in [3.8, 4) is 5.75 Å². The van der Waals surface area contributed by atoms with Crippen LogP contribution < -0.4 is 15.8 Å². The number of rotatable bonds is 6. The van der Waals surface area contributed by atoms with Crippen LogP contribution in [0.3, 0.4) is 0 Å². The number of carbonyl (C=O) groups is 1. The summed E-state index contributed by atoms with van der Waals surface area (Å²) in [6.45, 7) is 1.01. The molecule has 0 spiro atoms. The number of nitrogens with two attached hydrogens (primary N) is 1. The quantitative estimate of drug-likeness (QED) is 0.841. The summed E-state index contributed by atoms with van der Waals surface area (Å²) < 4.78 is 5.51. The van der Waals surface area contributed by atoms with Crippen LogP contribution >= 0.6 is 24.0 Å². The minimum Gasteiger partial charge on any atom is -0.493 e. The first-order valence-corrected chi connectivity index (χ1v) is 7.44. The third kappa shape index (κ3) is 5.73. The second kappa shape index (κ2) is 9.13. The van der Waals surface area contributed by atoms with Crippen LogP contribution in [0.4, 0.5) is 0 Å². The molecule has 0 aromatic heterocycles. The molecule has 1 aromatic carbocycles. The van der Waals surface area contributed by atoms with Gasteiger partial charge < -0.3 is 15.8 Å². The molecule has 0 saturated heterocycles. The molecule has 0 heterocycles. The Kier molecular flexibility index (Phi) is 7.86. The molecule has 118 valence electrons. The van der Waals surface area contributed by atoms with Gasteiger partial charge in [-0.1, -0.05) is 18.0 Å². The Hall–Kier alpha value is -0.970. The monoisotopic (exact) mass is 332 g/mol. The van der Waals surface area contributed by atoms with Crippen molar-refractivity contribution in [3.63, 3.8) is 0 Å². The standard InChI is InChI=1S/C15H21ClN2O2.ClH/c16-12-4-6-13(7-5-12)20-9-8-15(19)18-14-3-1-2-11(14)10-17;/h4-7,11,14H,1-3,8-10,17H2,(H,18,19);1H. The van der Waals surface area contributed by atoms with Gasteiger partial charge in [0.15, 0.2) is 0 Å². The number of nitrogens with one attached hydrogen (secondary N) is 1. The van der Waals surface area contributed by atoms with Crippen molar-refractivity contribution in [2.75, 3.05) is 13.2 Å². The summed E-state index contributed by atoms with van der Waals surface area (Å²) in [5.41, 5.74) is 5.70. The van der Waals surface area contributed by atoms with Crippen molar-refractivity contribution >= 4 is 29.9 Å². The number of hydrogen-bond donors (Lipinski definition) is 2. The van der Waals surface area contributed by atoms with Crippen molar-refractivity contribution in [1.82, 2.24) is 5.32 Å². The summed E-state index contributed by atoms with van der Waals surface area (Å²) in [5.74, 6) is 1.18. The molecule has 1 fully saturated rings. The number of hydrogen-bond acceptors (Lipinski definition) is 3. The van der Waals surface area contributed by atoms with E-state index in [-0.39, 0.29) is 24.4 Å². The Morgan fingerprint density at radius 3 is 2.71 bits per heavy atom. The average molecular weight is 333 g/mol. The second-order valence-corrected chi connectivity index (χ2v) is 5.59. The lowest BCUT2D eigenvalue weighted by molar-refractivity contribution is -0.122. The molecule has 1 aliphatic carbocycles. The van der Waals surface area contributed by atoms with Crippen LogP contribution in [0, 0.1) is 5.92 Å². The zero-order chi connectivity index (χ0) is 14.4. The molecule has 0 bridgehead atoms. The van der Waals surface area contributed by atoms with E-state index >= 15 is 0 Å². The zero-order valence-electron chi connectivity index (χ0n) is 11.9. The highest BCUT2D eigenvalue weighted by Crippen LogP contribution is 2.24. The fraction of sp³-hybridized carbons (Fsp3) is 0.533. The molecule has 6 heteroatoms. The van der Waals surface area contributed by atoms with Gasteiger partial charge in [0.1, 0.15) is 5.75 Å². The smallest absolute Gasteiger partial charge is 0.223 e. The van der Waals surface area contributed by atoms with Gasteiger partial charge in [-0.2, -0.15) is 0 Å². The third-order valence-corrected chi connectivity index (χ3v) is 3.97. The molecule has 1 amide bonds. The Balaban J connectivity index is 0.00000220. The third-order valence-electron chi connectivity index (χ3n) is 3.72. The molecule has 0 aliphatic heterocycles. The van der Waals surface area contributed by atoms with Crippen LogP contribution in [0.5, 0.6) is 5.75 Å². The van der Waals surface area contributed by atoms with Gasteiger partial charge in [-0.25, -0.2) is 0 Å². The van der Waals surface area contributed by atoms with Crippen LogP contribution in [0.1, 0.15) is 25.7 Å². The van der Waals surface area contributed by atoms with E-state index < -0.39 is 0 Å². The summed E-state index contributed by atoms with van der Waals surface area (Å²) in [7, 11) is 0. The SMILES string of the molecule is Cl.NCC1CCCC1NC(=O)CCOc1ccc(Cl)cc1. The van der Waals surface area contributed by atoms with Crippen molar-refractivity contribution in [1.29, 1.82) is 0 Å². The molecule has 1 aliphatic rings. The number of carbonyl (C=O) groups excluding carboxylic acids is 1. The van der Waals surface area contributed by atoms with Crippen LogP contribution in [-0.2, 0) is 4.79 Å². The molecule has 21 heavy (non-hydrogen) atoms. The molecule has 2 unspecified atom stereocenters. The van der Waals surface area contributed by atoms with Crippen LogP contribution in [0.25, 0.3) is 0 Å². The van der Waals surface area contributed by atoms with Gasteiger partial charge in [0.2, 0.25) is 5.91 Å². The van der Waals surface area contributed by atoms with E-state index in [9.17, 15) is 4.79 Å². The molecule has 0 radical (unpaired) electrons. The van der Waals surface area contributed by atoms with Gasteiger partial charge in [-0.05, 0) is 49.6 Å². The van der Waals surface area contributed by atoms with Gasteiger partial charge in [-0.3, -0.25) is 4.79 Å². The zero-order valence-corrected chi connectivity index (χ0v) is 13.5. The van der Waals surface area contributed by atoms with Crippen molar-refractivity contribution in [2.24, 2.45) is 11.7 Å². The minimum absolute atomic E-state index is 0. The Labute approximate surface area is 136 Å². The molecule has 2 atom stereocenters. The second-order valence-electron chi connectivity index (χ2n) is 5.15. The number of halogens is 2. The maximum Gasteiger partial charge on any atom is 0.223 e. The van der Waals surface area contributed by atoms with E-state index in [1.54, 1.807) is 24.3 Å². The van der Waals surface area contributed by atoms with Crippen molar-refractivity contribution in [3.05, 3.63) is 29.3 Å². The van der Waals surface area contributed by atoms with Crippen molar-refractivity contribution in [2.45, 2.75) is 31.7 Å². The first kappa shape index (κ1) is 18.1. The first-order chi connectivity index (χ1) is 9.69. The lowest BCUT2D eigenvalue weighted by atomic mass is 10.0. The van der Waals surface area contributed by atoms with E-state index in [4.69, 9.17) is 22.1 Å². The average Bonchev–Trinajstić information content (AvgIpc) is 2.88. The summed E-state index contributed by atoms with van der Waals surface area (Å²) in [4.78, 5) is 11.9. The molecular formula is C15H22Cl2N2O2. The Morgan fingerprint density at radius 2 is 2.05 bits per heavy atom. The highest BCUT2D eigenvalue weighted by Gasteiger charge is 2.26. The van der Waals surface area contributed by atoms with E-state index in [1.165, 1.54) is 0 Å². The van der Waals surface area contributed by atoms with E-state index in [0.717, 1.165) is 25.0 Å². The van der Waals surface area contributed by atoms with E-state index in [0.29, 0.717) is 30.5 Å². The van der Waals surface area contributed by atoms with Gasteiger partial charge in [-0.15, -0.1) is 12.4 Å². The van der Waals surface area contributed by atoms with Gasteiger partial charge >= 0.3 is 0 Å². The fourth-order valence-electron chi connectivity index (χ4n) is 2.58. The normalized spacial score (nSPS) is 20.7. The lowest BCUT2D eigenvalue weighted by Crippen LogP contribution is -2.40. The van der Waals surface area contributed by atoms with Gasteiger partial charge in [0, 0.05) is 11.1 Å². The maximum atomic E-state index is 11.9. The summed E-state index contributed by atoms with van der Waals surface area (Å²) in [6, 6.07) is 7.36. The van der Waals surface area contributed by atoms with Gasteiger partial charge in [0.25, 0.3) is 0 Å². The predicted octanol–water partition coefficient (Wildman–Crippen LogP) is 2.77. The highest BCUT2D eigenvalue weighted by molar-refractivity contribution is 6.30. The topological polar surface area (TPSA) is 64.3 Å². The van der Waals surface area contributed by atoms with E-state index in [2.05, 4.69) is 5.32 Å². The van der Waals surface area contributed by atoms with Crippen LogP contribution in [0.15, 0.2) is 24.3 Å². The summed E-state index contributed by atoms with van der Waals surface area (Å²) in [5, 5.41) is 3.73. The number of ether oxygens (including phenoxy) is 1. The Morgan fingerprint density at radius 1 is 1.33 bits per heavy atom. The predicted molar refractivity (Wildman–Crippen MR) is 87.1 cm³/mol. The van der Waals surface area contributed by atoms with Crippen LogP contribution in [-0.4, -0.2) is 25.1 Å². The van der Waals surface area contributed by atoms with Crippen LogP contribution in [0.2, 0.25) is 5.02 Å². The molecular weight excluding hydrogens is 311 g/mol.